The molecule has 3 heterocycles. The zero-order chi connectivity index (χ0) is 24.6. The zero-order valence-corrected chi connectivity index (χ0v) is 20.2. The number of hydrogen-bond acceptors (Lipinski definition) is 4. The van der Waals surface area contributed by atoms with Crippen LogP contribution in [0.25, 0.3) is 11.3 Å². The summed E-state index contributed by atoms with van der Waals surface area (Å²) in [6.45, 7) is 6.16. The largest absolute Gasteiger partial charge is 0.481 e. The van der Waals surface area contributed by atoms with E-state index in [1.165, 1.54) is 13.2 Å². The molecule has 0 radical (unpaired) electrons. The number of aryl methyl sites for hydroxylation is 1. The van der Waals surface area contributed by atoms with Gasteiger partial charge in [0.25, 0.3) is 5.91 Å². The number of methoxy groups -OCH3 is 1. The lowest BCUT2D eigenvalue weighted by Gasteiger charge is -2.33. The summed E-state index contributed by atoms with van der Waals surface area (Å²) >= 11 is 0. The third kappa shape index (κ3) is 4.06. The molecule has 1 aliphatic rings. The molecule has 0 bridgehead atoms. The van der Waals surface area contributed by atoms with Crippen LogP contribution in [0.5, 0.6) is 5.88 Å². The lowest BCUT2D eigenvalue weighted by molar-refractivity contribution is 0.0672. The van der Waals surface area contributed by atoms with E-state index in [0.29, 0.717) is 36.4 Å². The molecule has 1 aromatic carbocycles. The summed E-state index contributed by atoms with van der Waals surface area (Å²) in [7, 11) is 3.36. The number of ether oxygens (including phenoxy) is 1. The van der Waals surface area contributed by atoms with E-state index in [4.69, 9.17) is 9.84 Å². The minimum Gasteiger partial charge on any atom is -0.481 e. The van der Waals surface area contributed by atoms with Crippen LogP contribution in [0.1, 0.15) is 71.6 Å². The first kappa shape index (κ1) is 23.9. The van der Waals surface area contributed by atoms with Crippen molar-refractivity contribution in [2.24, 2.45) is 7.05 Å². The van der Waals surface area contributed by atoms with Crippen LogP contribution in [0.4, 0.5) is 8.78 Å². The Morgan fingerprint density at radius 1 is 1.32 bits per heavy atom. The Bertz CT molecular complexity index is 1220. The highest BCUT2D eigenvalue weighted by Gasteiger charge is 2.34. The number of fused-ring (bicyclic) bond motifs is 1. The number of halogens is 2. The topological polar surface area (TPSA) is 60.2 Å². The Labute approximate surface area is 198 Å². The van der Waals surface area contributed by atoms with Gasteiger partial charge in [0, 0.05) is 47.6 Å². The number of carbonyl (C=O) groups excluding carboxylic acids is 1. The Kier molecular flexibility index (Phi) is 6.68. The van der Waals surface area contributed by atoms with Crippen LogP contribution in [0.3, 0.4) is 0 Å². The van der Waals surface area contributed by atoms with Crippen molar-refractivity contribution >= 4 is 5.91 Å². The van der Waals surface area contributed by atoms with Gasteiger partial charge in [0.1, 0.15) is 12.0 Å². The monoisotopic (exact) mass is 468 g/mol. The first-order valence-corrected chi connectivity index (χ1v) is 11.6. The first-order chi connectivity index (χ1) is 16.3. The van der Waals surface area contributed by atoms with Gasteiger partial charge in [-0.15, -0.1) is 0 Å². The van der Waals surface area contributed by atoms with Crippen LogP contribution in [0, 0.1) is 12.7 Å². The molecule has 8 heteroatoms. The third-order valence-corrected chi connectivity index (χ3v) is 6.63. The van der Waals surface area contributed by atoms with E-state index >= 15 is 0 Å². The number of benzene rings is 1. The summed E-state index contributed by atoms with van der Waals surface area (Å²) in [6, 6.07) is 6.04. The number of nitrogens with zero attached hydrogens (tertiary/aromatic N) is 4. The summed E-state index contributed by atoms with van der Waals surface area (Å²) < 4.78 is 36.0. The minimum atomic E-state index is -1.35. The fourth-order valence-corrected chi connectivity index (χ4v) is 4.83. The second-order valence-corrected chi connectivity index (χ2v) is 8.75. The molecule has 180 valence electrons. The van der Waals surface area contributed by atoms with Crippen LogP contribution < -0.4 is 4.74 Å². The van der Waals surface area contributed by atoms with Crippen molar-refractivity contribution in [2.45, 2.75) is 52.2 Å². The fraction of sp³-hybridized carbons (Fsp3) is 0.423. The molecule has 2 atom stereocenters. The van der Waals surface area contributed by atoms with Crippen LogP contribution >= 0.6 is 0 Å². The maximum atomic E-state index is 14.6. The first-order valence-electron chi connectivity index (χ1n) is 11.6. The molecule has 3 aromatic rings. The van der Waals surface area contributed by atoms with Gasteiger partial charge in [0.05, 0.1) is 24.5 Å². The van der Waals surface area contributed by atoms with Crippen LogP contribution in [0.15, 0.2) is 30.5 Å². The minimum absolute atomic E-state index is 0.0806. The summed E-state index contributed by atoms with van der Waals surface area (Å²) in [5.74, 6) is -0.209. The number of amides is 1. The Balaban J connectivity index is 1.69. The van der Waals surface area contributed by atoms with Crippen molar-refractivity contribution < 1.29 is 18.3 Å². The highest BCUT2D eigenvalue weighted by molar-refractivity contribution is 5.96. The van der Waals surface area contributed by atoms with Gasteiger partial charge in [0.15, 0.2) is 0 Å². The van der Waals surface area contributed by atoms with Crippen LogP contribution in [-0.4, -0.2) is 39.2 Å². The van der Waals surface area contributed by atoms with Crippen LogP contribution in [-0.2, 0) is 13.5 Å². The molecule has 0 N–H and O–H groups in total. The molecule has 1 aliphatic heterocycles. The van der Waals surface area contributed by atoms with Crippen LogP contribution in [0.2, 0.25) is 0 Å². The molecule has 1 unspecified atom stereocenters. The Morgan fingerprint density at radius 3 is 2.79 bits per heavy atom. The van der Waals surface area contributed by atoms with Gasteiger partial charge in [0.2, 0.25) is 5.88 Å². The summed E-state index contributed by atoms with van der Waals surface area (Å²) in [4.78, 5) is 19.4. The normalized spacial score (nSPS) is 16.3. The van der Waals surface area contributed by atoms with Gasteiger partial charge in [-0.05, 0) is 51.0 Å². The van der Waals surface area contributed by atoms with E-state index in [-0.39, 0.29) is 23.9 Å². The van der Waals surface area contributed by atoms with Crippen molar-refractivity contribution in [3.63, 3.8) is 0 Å². The highest BCUT2D eigenvalue weighted by Crippen LogP contribution is 2.38. The molecule has 4 rings (SSSR count). The number of aromatic nitrogens is 3. The van der Waals surface area contributed by atoms with E-state index in [1.807, 2.05) is 27.8 Å². The van der Waals surface area contributed by atoms with Gasteiger partial charge in [-0.25, -0.2) is 13.8 Å². The quantitative estimate of drug-likeness (QED) is 0.479. The Hall–Kier alpha value is -3.29. The number of alkyl halides is 1. The van der Waals surface area contributed by atoms with Gasteiger partial charge in [-0.1, -0.05) is 13.3 Å². The number of rotatable bonds is 6. The molecule has 6 nitrogen and oxygen atoms in total. The lowest BCUT2D eigenvalue weighted by Crippen LogP contribution is -2.39. The molecular weight excluding hydrogens is 438 g/mol. The smallest absolute Gasteiger partial charge is 0.254 e. The summed E-state index contributed by atoms with van der Waals surface area (Å²) in [5, 5.41) is 4.72. The van der Waals surface area contributed by atoms with Crippen molar-refractivity contribution in [1.29, 1.82) is 0 Å². The van der Waals surface area contributed by atoms with Gasteiger partial charge >= 0.3 is 0 Å². The number of pyridine rings is 1. The average Bonchev–Trinajstić information content (AvgIpc) is 3.16. The second-order valence-electron chi connectivity index (χ2n) is 8.75. The molecular formula is C26H30F2N4O2. The van der Waals surface area contributed by atoms with Gasteiger partial charge in [-0.2, -0.15) is 5.10 Å². The Morgan fingerprint density at radius 2 is 2.09 bits per heavy atom. The van der Waals surface area contributed by atoms with Gasteiger partial charge in [-0.3, -0.25) is 9.48 Å². The summed E-state index contributed by atoms with van der Waals surface area (Å²) in [6.07, 6.45) is 1.73. The van der Waals surface area contributed by atoms with Crippen molar-refractivity contribution in [2.75, 3.05) is 13.7 Å². The zero-order valence-electron chi connectivity index (χ0n) is 20.2. The predicted octanol–water partition coefficient (Wildman–Crippen LogP) is 5.51. The maximum absolute atomic E-state index is 14.6. The number of hydrogen-bond donors (Lipinski definition) is 0. The average molecular weight is 469 g/mol. The molecule has 1 amide bonds. The summed E-state index contributed by atoms with van der Waals surface area (Å²) in [5.41, 5.74) is 4.69. The van der Waals surface area contributed by atoms with Gasteiger partial charge < -0.3 is 9.64 Å². The molecule has 0 aliphatic carbocycles. The highest BCUT2D eigenvalue weighted by atomic mass is 19.1. The molecule has 0 fully saturated rings. The molecule has 0 spiro atoms. The van der Waals surface area contributed by atoms with E-state index in [2.05, 4.69) is 4.98 Å². The predicted molar refractivity (Wildman–Crippen MR) is 126 cm³/mol. The van der Waals surface area contributed by atoms with E-state index in [1.54, 1.807) is 34.0 Å². The second kappa shape index (κ2) is 9.52. The SMILES string of the molecule is CCCC(F)c1cc(-c2c3c(nn2C)[C@H](C)N(C(=O)c2ccnc(OC)c2C)CC3)ccc1F. The third-order valence-electron chi connectivity index (χ3n) is 6.63. The van der Waals surface area contributed by atoms with Crippen molar-refractivity contribution in [3.05, 3.63) is 64.2 Å². The van der Waals surface area contributed by atoms with E-state index in [9.17, 15) is 13.6 Å². The molecule has 2 aromatic heterocycles. The molecule has 0 saturated carbocycles. The standard InChI is InChI=1S/C26H30F2N4O2/c1-6-7-21(27)20-14-17(8-9-22(20)28)24-19-11-13-32(16(3)23(19)30-31(24)4)26(33)18-10-12-29-25(34-5)15(18)2/h8-10,12,14,16,21H,6-7,11,13H2,1-5H3/t16-,21?/m0/s1. The van der Waals surface area contributed by atoms with Crippen molar-refractivity contribution in [1.82, 2.24) is 19.7 Å². The molecule has 0 saturated heterocycles. The maximum Gasteiger partial charge on any atom is 0.254 e. The fourth-order valence-electron chi connectivity index (χ4n) is 4.83. The van der Waals surface area contributed by atoms with Crippen molar-refractivity contribution in [3.8, 4) is 17.1 Å². The van der Waals surface area contributed by atoms with E-state index in [0.717, 1.165) is 22.5 Å². The van der Waals surface area contributed by atoms with E-state index < -0.39 is 12.0 Å². The number of carbonyl (C=O) groups is 1. The lowest BCUT2D eigenvalue weighted by atomic mass is 9.93. The molecule has 34 heavy (non-hydrogen) atoms.